The first-order valence-electron chi connectivity index (χ1n) is 12.2. The molecule has 2 heterocycles. The zero-order chi connectivity index (χ0) is 24.8. The number of amides is 2. The van der Waals surface area contributed by atoms with Crippen LogP contribution in [-0.4, -0.2) is 54.0 Å². The molecule has 186 valence electrons. The van der Waals surface area contributed by atoms with Gasteiger partial charge in [0.25, 0.3) is 0 Å². The molecule has 0 saturated carbocycles. The van der Waals surface area contributed by atoms with E-state index in [1.54, 1.807) is 6.20 Å². The van der Waals surface area contributed by atoms with E-state index in [1.807, 2.05) is 35.2 Å². The molecule has 4 rings (SSSR count). The quantitative estimate of drug-likeness (QED) is 0.585. The van der Waals surface area contributed by atoms with Gasteiger partial charge in [0.2, 0.25) is 11.8 Å². The highest BCUT2D eigenvalue weighted by atomic mass is 16.5. The van der Waals surface area contributed by atoms with E-state index in [0.29, 0.717) is 32.5 Å². The predicted molar refractivity (Wildman–Crippen MR) is 129 cm³/mol. The third-order valence-electron chi connectivity index (χ3n) is 7.18. The lowest BCUT2D eigenvalue weighted by Crippen LogP contribution is -2.51. The standard InChI is InChI=1S/C27H33N3O5/c1-19(31)29-25-21-9-3-4-10-22(21)27(26(25)35-18-20-8-5-6-15-28-20)13-16-30(17-14-27)23(32)11-7-12-24(33)34-2/h3-6,8-10,15,25-26H,7,11-14,16-18H2,1-2H3,(H,29,31)/t25-,26+/m0/s1. The van der Waals surface area contributed by atoms with Crippen LogP contribution in [0.2, 0.25) is 0 Å². The van der Waals surface area contributed by atoms with E-state index in [4.69, 9.17) is 4.74 Å². The van der Waals surface area contributed by atoms with E-state index >= 15 is 0 Å². The molecule has 1 aromatic heterocycles. The first kappa shape index (κ1) is 24.9. The van der Waals surface area contributed by atoms with E-state index in [1.165, 1.54) is 19.6 Å². The van der Waals surface area contributed by atoms with Crippen LogP contribution in [0.1, 0.15) is 61.9 Å². The van der Waals surface area contributed by atoms with Gasteiger partial charge in [0.1, 0.15) is 0 Å². The number of fused-ring (bicyclic) bond motifs is 2. The molecule has 1 fully saturated rings. The number of aromatic nitrogens is 1. The molecule has 0 bridgehead atoms. The summed E-state index contributed by atoms with van der Waals surface area (Å²) in [4.78, 5) is 42.6. The summed E-state index contributed by atoms with van der Waals surface area (Å²) < 4.78 is 11.2. The second kappa shape index (κ2) is 11.0. The maximum absolute atomic E-state index is 12.8. The molecule has 35 heavy (non-hydrogen) atoms. The Kier molecular flexibility index (Phi) is 7.80. The summed E-state index contributed by atoms with van der Waals surface area (Å²) in [6.45, 7) is 3.07. The minimum atomic E-state index is -0.318. The summed E-state index contributed by atoms with van der Waals surface area (Å²) in [7, 11) is 1.36. The summed E-state index contributed by atoms with van der Waals surface area (Å²) in [5.74, 6) is -0.347. The lowest BCUT2D eigenvalue weighted by molar-refractivity contribution is -0.141. The number of rotatable bonds is 8. The number of nitrogens with one attached hydrogen (secondary N) is 1. The molecule has 1 spiro atoms. The molecule has 2 amide bonds. The summed E-state index contributed by atoms with van der Waals surface area (Å²) >= 11 is 0. The maximum atomic E-state index is 12.8. The molecule has 2 aromatic rings. The molecule has 8 heteroatoms. The fourth-order valence-corrected chi connectivity index (χ4v) is 5.50. The average molecular weight is 480 g/mol. The molecular weight excluding hydrogens is 446 g/mol. The van der Waals surface area contributed by atoms with Crippen LogP contribution < -0.4 is 5.32 Å². The highest BCUT2D eigenvalue weighted by Crippen LogP contribution is 2.52. The van der Waals surface area contributed by atoms with Crippen molar-refractivity contribution < 1.29 is 23.9 Å². The van der Waals surface area contributed by atoms with Gasteiger partial charge in [0.15, 0.2) is 0 Å². The monoisotopic (exact) mass is 479 g/mol. The van der Waals surface area contributed by atoms with Crippen molar-refractivity contribution in [2.45, 2.75) is 63.2 Å². The molecule has 2 aliphatic rings. The molecule has 0 unspecified atom stereocenters. The van der Waals surface area contributed by atoms with Crippen molar-refractivity contribution in [3.8, 4) is 0 Å². The number of ether oxygens (including phenoxy) is 2. The number of nitrogens with zero attached hydrogens (tertiary/aromatic N) is 2. The summed E-state index contributed by atoms with van der Waals surface area (Å²) in [5, 5.41) is 3.13. The number of pyridine rings is 1. The smallest absolute Gasteiger partial charge is 0.305 e. The van der Waals surface area contributed by atoms with Gasteiger partial charge in [-0.15, -0.1) is 0 Å². The van der Waals surface area contributed by atoms with Crippen LogP contribution in [0.25, 0.3) is 0 Å². The Balaban J connectivity index is 1.53. The normalized spacial score (nSPS) is 20.3. The molecule has 1 aliphatic carbocycles. The maximum Gasteiger partial charge on any atom is 0.305 e. The Morgan fingerprint density at radius 2 is 1.83 bits per heavy atom. The van der Waals surface area contributed by atoms with Crippen LogP contribution in [0.5, 0.6) is 0 Å². The Hall–Kier alpha value is -3.26. The Morgan fingerprint density at radius 3 is 2.51 bits per heavy atom. The highest BCUT2D eigenvalue weighted by molar-refractivity contribution is 5.77. The van der Waals surface area contributed by atoms with Crippen molar-refractivity contribution in [3.63, 3.8) is 0 Å². The molecule has 2 atom stereocenters. The number of hydrogen-bond donors (Lipinski definition) is 1. The second-order valence-corrected chi connectivity index (χ2v) is 9.28. The first-order chi connectivity index (χ1) is 16.9. The highest BCUT2D eigenvalue weighted by Gasteiger charge is 2.54. The van der Waals surface area contributed by atoms with E-state index in [0.717, 1.165) is 24.1 Å². The summed E-state index contributed by atoms with van der Waals surface area (Å²) in [6, 6.07) is 13.7. The van der Waals surface area contributed by atoms with Crippen LogP contribution in [0.3, 0.4) is 0 Å². The number of carbonyl (C=O) groups excluding carboxylic acids is 3. The molecular formula is C27H33N3O5. The number of benzene rings is 1. The fraction of sp³-hybridized carbons (Fsp3) is 0.481. The van der Waals surface area contributed by atoms with Gasteiger partial charge in [0, 0.05) is 44.5 Å². The van der Waals surface area contributed by atoms with Crippen LogP contribution in [0.15, 0.2) is 48.7 Å². The van der Waals surface area contributed by atoms with Gasteiger partial charge in [-0.1, -0.05) is 30.3 Å². The molecule has 0 radical (unpaired) electrons. The van der Waals surface area contributed by atoms with Crippen LogP contribution in [-0.2, 0) is 35.9 Å². The van der Waals surface area contributed by atoms with Gasteiger partial charge in [0.05, 0.1) is 31.6 Å². The van der Waals surface area contributed by atoms with Crippen LogP contribution in [0.4, 0.5) is 0 Å². The Labute approximate surface area is 206 Å². The van der Waals surface area contributed by atoms with Gasteiger partial charge in [-0.25, -0.2) is 0 Å². The molecule has 1 saturated heterocycles. The second-order valence-electron chi connectivity index (χ2n) is 9.28. The lowest BCUT2D eigenvalue weighted by Gasteiger charge is -2.44. The van der Waals surface area contributed by atoms with Gasteiger partial charge < -0.3 is 19.7 Å². The number of esters is 1. The van der Waals surface area contributed by atoms with Crippen molar-refractivity contribution in [2.75, 3.05) is 20.2 Å². The number of methoxy groups -OCH3 is 1. The third-order valence-corrected chi connectivity index (χ3v) is 7.18. The van der Waals surface area contributed by atoms with Gasteiger partial charge >= 0.3 is 5.97 Å². The zero-order valence-electron chi connectivity index (χ0n) is 20.4. The van der Waals surface area contributed by atoms with E-state index < -0.39 is 0 Å². The van der Waals surface area contributed by atoms with Crippen molar-refractivity contribution >= 4 is 17.8 Å². The van der Waals surface area contributed by atoms with Crippen molar-refractivity contribution in [1.29, 1.82) is 0 Å². The van der Waals surface area contributed by atoms with Crippen molar-refractivity contribution in [3.05, 3.63) is 65.5 Å². The summed E-state index contributed by atoms with van der Waals surface area (Å²) in [5.41, 5.74) is 2.77. The van der Waals surface area contributed by atoms with E-state index in [9.17, 15) is 14.4 Å². The zero-order valence-corrected chi connectivity index (χ0v) is 20.4. The van der Waals surface area contributed by atoms with Crippen LogP contribution >= 0.6 is 0 Å². The minimum absolute atomic E-state index is 0.0550. The minimum Gasteiger partial charge on any atom is -0.469 e. The fourth-order valence-electron chi connectivity index (χ4n) is 5.50. The van der Waals surface area contributed by atoms with Crippen molar-refractivity contribution in [2.24, 2.45) is 0 Å². The third kappa shape index (κ3) is 5.37. The predicted octanol–water partition coefficient (Wildman–Crippen LogP) is 3.06. The molecule has 1 aliphatic heterocycles. The van der Waals surface area contributed by atoms with Gasteiger partial charge in [-0.05, 0) is 42.5 Å². The number of piperidine rings is 1. The summed E-state index contributed by atoms with van der Waals surface area (Å²) in [6.07, 6.45) is 3.99. The topological polar surface area (TPSA) is 97.8 Å². The average Bonchev–Trinajstić information content (AvgIpc) is 3.11. The Bertz CT molecular complexity index is 1050. The van der Waals surface area contributed by atoms with Crippen LogP contribution in [0, 0.1) is 0 Å². The lowest BCUT2D eigenvalue weighted by atomic mass is 9.71. The van der Waals surface area contributed by atoms with Gasteiger partial charge in [-0.2, -0.15) is 0 Å². The van der Waals surface area contributed by atoms with Crippen molar-refractivity contribution in [1.82, 2.24) is 15.2 Å². The number of likely N-dealkylation sites (tertiary alicyclic amines) is 1. The molecule has 1 N–H and O–H groups in total. The Morgan fingerprint density at radius 1 is 1.09 bits per heavy atom. The van der Waals surface area contributed by atoms with E-state index in [2.05, 4.69) is 27.2 Å². The SMILES string of the molecule is COC(=O)CCCC(=O)N1CCC2(CC1)c1ccccc1[C@H](NC(C)=O)[C@H]2OCc1ccccn1. The number of carbonyl (C=O) groups is 3. The largest absolute Gasteiger partial charge is 0.469 e. The van der Waals surface area contributed by atoms with E-state index in [-0.39, 0.29) is 41.8 Å². The molecule has 1 aromatic carbocycles. The first-order valence-corrected chi connectivity index (χ1v) is 12.2. The number of hydrogen-bond acceptors (Lipinski definition) is 6. The molecule has 8 nitrogen and oxygen atoms in total. The van der Waals surface area contributed by atoms with Gasteiger partial charge in [-0.3, -0.25) is 19.4 Å².